The van der Waals surface area contributed by atoms with Gasteiger partial charge in [-0.15, -0.1) is 0 Å². The van der Waals surface area contributed by atoms with Gasteiger partial charge < -0.3 is 5.32 Å². The van der Waals surface area contributed by atoms with Crippen LogP contribution < -0.4 is 5.32 Å². The van der Waals surface area contributed by atoms with Gasteiger partial charge in [0.2, 0.25) is 0 Å². The van der Waals surface area contributed by atoms with E-state index >= 15 is 0 Å². The van der Waals surface area contributed by atoms with Crippen LogP contribution in [0.15, 0.2) is 22.7 Å². The molecule has 19 heavy (non-hydrogen) atoms. The second kappa shape index (κ2) is 7.41. The van der Waals surface area contributed by atoms with Gasteiger partial charge in [-0.25, -0.2) is 0 Å². The summed E-state index contributed by atoms with van der Waals surface area (Å²) < 4.78 is 1.20. The first-order chi connectivity index (χ1) is 9.19. The molecule has 2 rings (SSSR count). The highest BCUT2D eigenvalue weighted by atomic mass is 79.9. The molecule has 0 aliphatic carbocycles. The molecular formula is C16H25BrN2. The monoisotopic (exact) mass is 324 g/mol. The van der Waals surface area contributed by atoms with E-state index in [1.54, 1.807) is 0 Å². The first kappa shape index (κ1) is 15.0. The quantitative estimate of drug-likeness (QED) is 0.888. The van der Waals surface area contributed by atoms with E-state index in [1.807, 2.05) is 0 Å². The van der Waals surface area contributed by atoms with Crippen LogP contribution in [0.1, 0.15) is 37.3 Å². The van der Waals surface area contributed by atoms with Gasteiger partial charge in [0.15, 0.2) is 0 Å². The number of nitrogens with one attached hydrogen (secondary N) is 1. The van der Waals surface area contributed by atoms with Crippen molar-refractivity contribution >= 4 is 15.9 Å². The molecule has 0 radical (unpaired) electrons. The Morgan fingerprint density at radius 2 is 2.21 bits per heavy atom. The average Bonchev–Trinajstić information content (AvgIpc) is 2.43. The van der Waals surface area contributed by atoms with E-state index in [-0.39, 0.29) is 0 Å². The van der Waals surface area contributed by atoms with Crippen molar-refractivity contribution in [1.29, 1.82) is 0 Å². The van der Waals surface area contributed by atoms with E-state index in [4.69, 9.17) is 0 Å². The van der Waals surface area contributed by atoms with E-state index in [0.717, 1.165) is 13.1 Å². The fourth-order valence-corrected chi connectivity index (χ4v) is 3.01. The molecule has 0 bridgehead atoms. The Labute approximate surface area is 125 Å². The minimum Gasteiger partial charge on any atom is -0.313 e. The zero-order valence-electron chi connectivity index (χ0n) is 12.1. The zero-order valence-corrected chi connectivity index (χ0v) is 13.7. The Balaban J connectivity index is 1.92. The third-order valence-corrected chi connectivity index (χ3v) is 4.86. The van der Waals surface area contributed by atoms with Crippen LogP contribution >= 0.6 is 15.9 Å². The standard InChI is InChI=1S/C16H25BrN2/c1-3-19(12-15-6-4-5-9-18-15)11-14-7-8-16(17)13(2)10-14/h7-8,10,15,18H,3-6,9,11-12H2,1-2H3. The zero-order chi connectivity index (χ0) is 13.7. The number of halogens is 1. The maximum atomic E-state index is 3.64. The van der Waals surface area contributed by atoms with Gasteiger partial charge >= 0.3 is 0 Å². The summed E-state index contributed by atoms with van der Waals surface area (Å²) in [7, 11) is 0. The van der Waals surface area contributed by atoms with Gasteiger partial charge in [0.25, 0.3) is 0 Å². The van der Waals surface area contributed by atoms with Crippen LogP contribution in [-0.2, 0) is 6.54 Å². The molecule has 0 saturated carbocycles. The van der Waals surface area contributed by atoms with Gasteiger partial charge in [0.05, 0.1) is 0 Å². The predicted octanol–water partition coefficient (Wildman–Crippen LogP) is 3.72. The summed E-state index contributed by atoms with van der Waals surface area (Å²) in [6, 6.07) is 7.37. The number of hydrogen-bond donors (Lipinski definition) is 1. The highest BCUT2D eigenvalue weighted by Crippen LogP contribution is 2.18. The van der Waals surface area contributed by atoms with Crippen LogP contribution in [0, 0.1) is 6.92 Å². The summed E-state index contributed by atoms with van der Waals surface area (Å²) >= 11 is 3.57. The molecule has 1 aliphatic heterocycles. The molecule has 1 aromatic carbocycles. The number of rotatable bonds is 5. The van der Waals surface area contributed by atoms with Gasteiger partial charge in [-0.1, -0.05) is 41.4 Å². The fraction of sp³-hybridized carbons (Fsp3) is 0.625. The van der Waals surface area contributed by atoms with Crippen LogP contribution in [0.5, 0.6) is 0 Å². The molecule has 0 amide bonds. The second-order valence-electron chi connectivity index (χ2n) is 5.56. The van der Waals surface area contributed by atoms with Crippen molar-refractivity contribution in [3.8, 4) is 0 Å². The largest absolute Gasteiger partial charge is 0.313 e. The molecule has 2 nitrogen and oxygen atoms in total. The average molecular weight is 325 g/mol. The summed E-state index contributed by atoms with van der Waals surface area (Å²) in [6.45, 7) is 8.96. The van der Waals surface area contributed by atoms with Crippen LogP contribution in [0.25, 0.3) is 0 Å². The topological polar surface area (TPSA) is 15.3 Å². The molecule has 1 fully saturated rings. The molecule has 1 aromatic rings. The Morgan fingerprint density at radius 1 is 1.37 bits per heavy atom. The lowest BCUT2D eigenvalue weighted by atomic mass is 10.0. The number of aryl methyl sites for hydroxylation is 1. The normalized spacial score (nSPS) is 19.9. The molecule has 3 heteroatoms. The first-order valence-electron chi connectivity index (χ1n) is 7.40. The van der Waals surface area contributed by atoms with Crippen molar-refractivity contribution < 1.29 is 0 Å². The van der Waals surface area contributed by atoms with Crippen LogP contribution in [-0.4, -0.2) is 30.6 Å². The van der Waals surface area contributed by atoms with Gasteiger partial charge in [-0.2, -0.15) is 0 Å². The van der Waals surface area contributed by atoms with Crippen molar-refractivity contribution in [2.24, 2.45) is 0 Å². The Kier molecular flexibility index (Phi) is 5.86. The lowest BCUT2D eigenvalue weighted by Crippen LogP contribution is -2.43. The molecule has 0 aromatic heterocycles. The highest BCUT2D eigenvalue weighted by molar-refractivity contribution is 9.10. The second-order valence-corrected chi connectivity index (χ2v) is 6.41. The minimum atomic E-state index is 0.685. The molecule has 1 saturated heterocycles. The maximum absolute atomic E-state index is 3.64. The highest BCUT2D eigenvalue weighted by Gasteiger charge is 2.15. The van der Waals surface area contributed by atoms with E-state index in [2.05, 4.69) is 58.2 Å². The van der Waals surface area contributed by atoms with Gasteiger partial charge in [0, 0.05) is 23.6 Å². The molecule has 1 heterocycles. The molecule has 1 N–H and O–H groups in total. The van der Waals surface area contributed by atoms with Crippen molar-refractivity contribution in [3.63, 3.8) is 0 Å². The smallest absolute Gasteiger partial charge is 0.0234 e. The third-order valence-electron chi connectivity index (χ3n) is 3.97. The van der Waals surface area contributed by atoms with Crippen LogP contribution in [0.3, 0.4) is 0 Å². The fourth-order valence-electron chi connectivity index (χ4n) is 2.76. The summed E-state index contributed by atoms with van der Waals surface area (Å²) in [5.74, 6) is 0. The van der Waals surface area contributed by atoms with Gasteiger partial charge in [-0.05, 0) is 50.0 Å². The lowest BCUT2D eigenvalue weighted by Gasteiger charge is -2.30. The van der Waals surface area contributed by atoms with Crippen molar-refractivity contribution in [3.05, 3.63) is 33.8 Å². The first-order valence-corrected chi connectivity index (χ1v) is 8.19. The van der Waals surface area contributed by atoms with Crippen LogP contribution in [0.4, 0.5) is 0 Å². The number of benzene rings is 1. The van der Waals surface area contributed by atoms with Crippen molar-refractivity contribution in [1.82, 2.24) is 10.2 Å². The number of hydrogen-bond acceptors (Lipinski definition) is 2. The van der Waals surface area contributed by atoms with Gasteiger partial charge in [0.1, 0.15) is 0 Å². The summed E-state index contributed by atoms with van der Waals surface area (Å²) in [6.07, 6.45) is 4.05. The molecule has 1 unspecified atom stereocenters. The Morgan fingerprint density at radius 3 is 2.84 bits per heavy atom. The van der Waals surface area contributed by atoms with Gasteiger partial charge in [-0.3, -0.25) is 4.90 Å². The molecular weight excluding hydrogens is 300 g/mol. The molecule has 1 atom stereocenters. The lowest BCUT2D eigenvalue weighted by molar-refractivity contribution is 0.226. The predicted molar refractivity (Wildman–Crippen MR) is 85.5 cm³/mol. The summed E-state index contributed by atoms with van der Waals surface area (Å²) in [4.78, 5) is 2.55. The van der Waals surface area contributed by atoms with E-state index in [0.29, 0.717) is 6.04 Å². The number of nitrogens with zero attached hydrogens (tertiary/aromatic N) is 1. The minimum absolute atomic E-state index is 0.685. The Hall–Kier alpha value is -0.380. The van der Waals surface area contributed by atoms with Crippen molar-refractivity contribution in [2.45, 2.75) is 45.7 Å². The number of likely N-dealkylation sites (N-methyl/N-ethyl adjacent to an activating group) is 1. The third kappa shape index (κ3) is 4.59. The van der Waals surface area contributed by atoms with Crippen molar-refractivity contribution in [2.75, 3.05) is 19.6 Å². The maximum Gasteiger partial charge on any atom is 0.0234 e. The molecule has 106 valence electrons. The molecule has 0 spiro atoms. The van der Waals surface area contributed by atoms with E-state index < -0.39 is 0 Å². The summed E-state index contributed by atoms with van der Waals surface area (Å²) in [5.41, 5.74) is 2.74. The van der Waals surface area contributed by atoms with E-state index in [9.17, 15) is 0 Å². The van der Waals surface area contributed by atoms with Crippen LogP contribution in [0.2, 0.25) is 0 Å². The Bertz CT molecular complexity index is 400. The SMILES string of the molecule is CCN(Cc1ccc(Br)c(C)c1)CC1CCCCN1. The van der Waals surface area contributed by atoms with E-state index in [1.165, 1.54) is 48.0 Å². The molecule has 1 aliphatic rings. The summed E-state index contributed by atoms with van der Waals surface area (Å²) in [5, 5.41) is 3.64. The number of piperidine rings is 1.